The highest BCUT2D eigenvalue weighted by Gasteiger charge is 2.43. The molecule has 16 heteroatoms. The molecule has 0 aliphatic carbocycles. The van der Waals surface area contributed by atoms with Crippen LogP contribution in [0.25, 0.3) is 10.2 Å². The van der Waals surface area contributed by atoms with Gasteiger partial charge in [0.25, 0.3) is 17.7 Å². The third-order valence-electron chi connectivity index (χ3n) is 9.41. The maximum absolute atomic E-state index is 14.3. The first-order valence-corrected chi connectivity index (χ1v) is 18.6. The number of aryl methyl sites for hydroxylation is 1. The molecule has 4 bridgehead atoms. The minimum Gasteiger partial charge on any atom is -0.446 e. The fraction of sp³-hybridized carbons (Fsp3) is 0.368. The maximum atomic E-state index is 14.3. The van der Waals surface area contributed by atoms with Crippen LogP contribution in [0.2, 0.25) is 0 Å². The Labute approximate surface area is 314 Å². The van der Waals surface area contributed by atoms with E-state index < -0.39 is 53.8 Å². The minimum absolute atomic E-state index is 0.00259. The van der Waals surface area contributed by atoms with Crippen LogP contribution in [0.4, 0.5) is 0 Å². The number of carbonyl (C=O) groups excluding carboxylic acids is 5. The van der Waals surface area contributed by atoms with Crippen molar-refractivity contribution in [1.82, 2.24) is 41.1 Å². The SMILES string of the molecule is Cc1nc2ccc(C(=O)N[C@H]3C[C@H]4C(=O)N[C@@H](Cc5ccccc5)c5nc(co5)C(=O)N[C@H](CC(C)C)C(=O)N[C@H](C)c5nc(co5)C(=O)N4C3)cc2s1. The Morgan fingerprint density at radius 1 is 0.926 bits per heavy atom. The summed E-state index contributed by atoms with van der Waals surface area (Å²) < 4.78 is 12.3. The molecule has 2 aromatic carbocycles. The van der Waals surface area contributed by atoms with Crippen LogP contribution in [0.5, 0.6) is 0 Å². The van der Waals surface area contributed by atoms with Gasteiger partial charge in [0.1, 0.15) is 36.7 Å². The summed E-state index contributed by atoms with van der Waals surface area (Å²) in [6.45, 7) is 7.40. The molecule has 2 aliphatic heterocycles. The highest BCUT2D eigenvalue weighted by atomic mass is 32.1. The molecule has 5 amide bonds. The van der Waals surface area contributed by atoms with Crippen LogP contribution in [0.3, 0.4) is 0 Å². The van der Waals surface area contributed by atoms with Crippen molar-refractivity contribution in [2.45, 2.75) is 77.2 Å². The summed E-state index contributed by atoms with van der Waals surface area (Å²) >= 11 is 1.48. The molecule has 54 heavy (non-hydrogen) atoms. The number of nitrogens with zero attached hydrogens (tertiary/aromatic N) is 4. The smallest absolute Gasteiger partial charge is 0.276 e. The van der Waals surface area contributed by atoms with Gasteiger partial charge in [0, 0.05) is 24.6 Å². The monoisotopic (exact) mass is 752 g/mol. The molecule has 1 fully saturated rings. The van der Waals surface area contributed by atoms with E-state index in [9.17, 15) is 24.0 Å². The molecular weight excluding hydrogens is 713 g/mol. The molecule has 5 heterocycles. The molecule has 2 aliphatic rings. The summed E-state index contributed by atoms with van der Waals surface area (Å²) in [6.07, 6.45) is 3.03. The maximum Gasteiger partial charge on any atom is 0.276 e. The lowest BCUT2D eigenvalue weighted by Gasteiger charge is -2.25. The Kier molecular flexibility index (Phi) is 10.3. The number of oxazole rings is 2. The standard InChI is InChI=1S/C38H40N8O7S/c1-19(2)12-26-33(48)39-20(3)36-45-29(18-52-36)38(51)46-16-24(41-32(47)23-10-11-25-31(14-23)54-21(4)40-25)15-30(46)35(50)43-27(13-22-8-6-5-7-9-22)37-44-28(17-53-37)34(49)42-26/h5-11,14,17-20,24,26-27,30H,12-13,15-16H2,1-4H3,(H,39,48)(H,41,47)(H,42,49)(H,43,50)/t20-,24+,26-,27+,30+/m1/s1. The molecular formula is C38H40N8O7S. The van der Waals surface area contributed by atoms with Gasteiger partial charge in [-0.05, 0) is 56.4 Å². The molecule has 0 saturated carbocycles. The Morgan fingerprint density at radius 3 is 2.44 bits per heavy atom. The van der Waals surface area contributed by atoms with Crippen LogP contribution >= 0.6 is 11.3 Å². The first-order chi connectivity index (χ1) is 25.9. The van der Waals surface area contributed by atoms with Crippen LogP contribution < -0.4 is 21.3 Å². The number of benzene rings is 2. The van der Waals surface area contributed by atoms with Crippen LogP contribution in [0.15, 0.2) is 69.9 Å². The highest BCUT2D eigenvalue weighted by molar-refractivity contribution is 7.18. The number of fused-ring (bicyclic) bond motifs is 6. The van der Waals surface area contributed by atoms with Gasteiger partial charge in [-0.15, -0.1) is 11.3 Å². The van der Waals surface area contributed by atoms with E-state index in [0.29, 0.717) is 12.0 Å². The first-order valence-electron chi connectivity index (χ1n) is 17.8. The number of thiazole rings is 1. The Balaban J connectivity index is 1.22. The van der Waals surface area contributed by atoms with Crippen LogP contribution in [-0.4, -0.2) is 74.1 Å². The second-order valence-corrected chi connectivity index (χ2v) is 15.3. The van der Waals surface area contributed by atoms with Gasteiger partial charge in [0.2, 0.25) is 23.6 Å². The quantitative estimate of drug-likeness (QED) is 0.196. The fourth-order valence-corrected chi connectivity index (χ4v) is 7.64. The number of amides is 5. The van der Waals surface area contributed by atoms with Crippen molar-refractivity contribution in [3.05, 3.63) is 100 Å². The second-order valence-electron chi connectivity index (χ2n) is 14.1. The average molecular weight is 753 g/mol. The zero-order valence-electron chi connectivity index (χ0n) is 30.1. The molecule has 280 valence electrons. The zero-order valence-corrected chi connectivity index (χ0v) is 30.9. The van der Waals surface area contributed by atoms with E-state index in [1.54, 1.807) is 25.1 Å². The lowest BCUT2D eigenvalue weighted by atomic mass is 10.0. The van der Waals surface area contributed by atoms with Gasteiger partial charge in [-0.3, -0.25) is 24.0 Å². The number of aromatic nitrogens is 3. The Hall–Kier alpha value is -5.90. The molecule has 3 aromatic heterocycles. The highest BCUT2D eigenvalue weighted by Crippen LogP contribution is 2.27. The number of hydrogen-bond acceptors (Lipinski definition) is 11. The van der Waals surface area contributed by atoms with E-state index in [4.69, 9.17) is 8.83 Å². The number of carbonyl (C=O) groups is 5. The van der Waals surface area contributed by atoms with Crippen molar-refractivity contribution < 1.29 is 32.8 Å². The topological polar surface area (TPSA) is 202 Å². The van der Waals surface area contributed by atoms with Gasteiger partial charge in [0.15, 0.2) is 11.4 Å². The summed E-state index contributed by atoms with van der Waals surface area (Å²) in [5.74, 6) is -2.40. The lowest BCUT2D eigenvalue weighted by Crippen LogP contribution is -2.48. The van der Waals surface area contributed by atoms with Crippen molar-refractivity contribution in [3.63, 3.8) is 0 Å². The van der Waals surface area contributed by atoms with Crippen LogP contribution in [0, 0.1) is 12.8 Å². The molecule has 4 N–H and O–H groups in total. The predicted octanol–water partition coefficient (Wildman–Crippen LogP) is 4.03. The average Bonchev–Trinajstić information content (AvgIpc) is 3.96. The molecule has 1 saturated heterocycles. The number of rotatable bonds is 6. The van der Waals surface area contributed by atoms with Crippen molar-refractivity contribution >= 4 is 51.1 Å². The van der Waals surface area contributed by atoms with Gasteiger partial charge in [-0.1, -0.05) is 44.2 Å². The van der Waals surface area contributed by atoms with Gasteiger partial charge in [0.05, 0.1) is 15.2 Å². The van der Waals surface area contributed by atoms with Crippen molar-refractivity contribution in [2.75, 3.05) is 6.54 Å². The molecule has 15 nitrogen and oxygen atoms in total. The van der Waals surface area contributed by atoms with E-state index >= 15 is 0 Å². The zero-order chi connectivity index (χ0) is 38.1. The summed E-state index contributed by atoms with van der Waals surface area (Å²) in [7, 11) is 0. The summed E-state index contributed by atoms with van der Waals surface area (Å²) in [6, 6.07) is 10.4. The molecule has 7 rings (SSSR count). The van der Waals surface area contributed by atoms with E-state index in [0.717, 1.165) is 20.8 Å². The van der Waals surface area contributed by atoms with Gasteiger partial charge >= 0.3 is 0 Å². The van der Waals surface area contributed by atoms with Crippen molar-refractivity contribution in [3.8, 4) is 0 Å². The van der Waals surface area contributed by atoms with E-state index in [-0.39, 0.29) is 54.4 Å². The van der Waals surface area contributed by atoms with E-state index in [1.165, 1.54) is 28.8 Å². The lowest BCUT2D eigenvalue weighted by molar-refractivity contribution is -0.126. The Morgan fingerprint density at radius 2 is 1.67 bits per heavy atom. The van der Waals surface area contributed by atoms with E-state index in [2.05, 4.69) is 36.2 Å². The molecule has 5 aromatic rings. The first kappa shape index (κ1) is 36.5. The van der Waals surface area contributed by atoms with Crippen LogP contribution in [0.1, 0.15) is 99.4 Å². The summed E-state index contributed by atoms with van der Waals surface area (Å²) in [5, 5.41) is 12.5. The largest absolute Gasteiger partial charge is 0.446 e. The molecule has 5 atom stereocenters. The van der Waals surface area contributed by atoms with Gasteiger partial charge < -0.3 is 35.0 Å². The van der Waals surface area contributed by atoms with Gasteiger partial charge in [-0.25, -0.2) is 15.0 Å². The Bertz CT molecular complexity index is 2210. The van der Waals surface area contributed by atoms with Crippen molar-refractivity contribution in [2.24, 2.45) is 5.92 Å². The van der Waals surface area contributed by atoms with Gasteiger partial charge in [-0.2, -0.15) is 0 Å². The van der Waals surface area contributed by atoms with Crippen molar-refractivity contribution in [1.29, 1.82) is 0 Å². The van der Waals surface area contributed by atoms with Crippen LogP contribution in [-0.2, 0) is 16.0 Å². The normalized spacial score (nSPS) is 22.3. The van der Waals surface area contributed by atoms with E-state index in [1.807, 2.05) is 51.1 Å². The number of nitrogens with one attached hydrogen (secondary N) is 4. The predicted molar refractivity (Wildman–Crippen MR) is 196 cm³/mol. The second kappa shape index (κ2) is 15.2. The third kappa shape index (κ3) is 7.88. The number of hydrogen-bond donors (Lipinski definition) is 4. The third-order valence-corrected chi connectivity index (χ3v) is 10.3. The molecule has 0 spiro atoms. The fourth-order valence-electron chi connectivity index (χ4n) is 6.78. The summed E-state index contributed by atoms with van der Waals surface area (Å²) in [5.41, 5.74) is 1.93. The molecule has 0 radical (unpaired) electrons. The summed E-state index contributed by atoms with van der Waals surface area (Å²) in [4.78, 5) is 83.5. The molecule has 0 unspecified atom stereocenters. The minimum atomic E-state index is -1.04.